The molecule has 0 aromatic heterocycles. The SMILES string of the molecule is CC(=O)c1ccc(Br)cc1.COC(=O)C(F)(F)F.C[O-].O=C(CC(=O)C(F)(F)F)c1ccc(Br)cc1.[Na+]. The second kappa shape index (κ2) is 19.5. The van der Waals surface area contributed by atoms with E-state index in [1.54, 1.807) is 19.1 Å². The van der Waals surface area contributed by atoms with Gasteiger partial charge < -0.3 is 9.84 Å². The number of methoxy groups -OCH3 is 1. The smallest absolute Gasteiger partial charge is 0.857 e. The molecule has 0 aliphatic heterocycles. The van der Waals surface area contributed by atoms with Gasteiger partial charge >= 0.3 is 47.9 Å². The van der Waals surface area contributed by atoms with Crippen molar-refractivity contribution >= 4 is 55.2 Å². The number of halogens is 8. The van der Waals surface area contributed by atoms with Crippen molar-refractivity contribution in [1.29, 1.82) is 0 Å². The monoisotopic (exact) mass is 674 g/mol. The summed E-state index contributed by atoms with van der Waals surface area (Å²) in [5, 5.41) is 8.25. The number of Topliss-reactive ketones (excluding diaryl/α,β-unsaturated/α-hetero) is 3. The number of hydrogen-bond acceptors (Lipinski definition) is 6. The third kappa shape index (κ3) is 18.3. The third-order valence-electron chi connectivity index (χ3n) is 3.47. The van der Waals surface area contributed by atoms with Crippen molar-refractivity contribution in [1.82, 2.24) is 0 Å². The average molecular weight is 676 g/mol. The molecular weight excluding hydrogens is 657 g/mol. The van der Waals surface area contributed by atoms with E-state index in [4.69, 9.17) is 5.11 Å². The summed E-state index contributed by atoms with van der Waals surface area (Å²) in [4.78, 5) is 42.1. The van der Waals surface area contributed by atoms with E-state index in [-0.39, 0.29) is 40.9 Å². The first-order valence-corrected chi connectivity index (χ1v) is 10.8. The van der Waals surface area contributed by atoms with E-state index in [1.165, 1.54) is 24.3 Å². The Bertz CT molecular complexity index is 995. The molecule has 0 unspecified atom stereocenters. The van der Waals surface area contributed by atoms with Gasteiger partial charge in [0.1, 0.15) is 0 Å². The minimum Gasteiger partial charge on any atom is -0.857 e. The van der Waals surface area contributed by atoms with Crippen molar-refractivity contribution in [3.8, 4) is 0 Å². The van der Waals surface area contributed by atoms with Crippen LogP contribution in [0.25, 0.3) is 0 Å². The van der Waals surface area contributed by atoms with E-state index in [0.717, 1.165) is 17.1 Å². The summed E-state index contributed by atoms with van der Waals surface area (Å²) >= 11 is 6.40. The number of hydrogen-bond donors (Lipinski definition) is 0. The van der Waals surface area contributed by atoms with E-state index in [2.05, 4.69) is 36.6 Å². The Morgan fingerprint density at radius 1 is 0.757 bits per heavy atom. The Hall–Kier alpha value is -1.58. The molecule has 0 spiro atoms. The van der Waals surface area contributed by atoms with Gasteiger partial charge in [-0.2, -0.15) is 33.5 Å². The van der Waals surface area contributed by atoms with Gasteiger partial charge in [-0.3, -0.25) is 14.4 Å². The van der Waals surface area contributed by atoms with E-state index in [1.807, 2.05) is 12.1 Å². The molecule has 2 rings (SSSR count). The van der Waals surface area contributed by atoms with Crippen LogP contribution in [0, 0.1) is 0 Å². The van der Waals surface area contributed by atoms with E-state index >= 15 is 0 Å². The predicted octanol–water partition coefficient (Wildman–Crippen LogP) is 2.51. The number of benzene rings is 2. The van der Waals surface area contributed by atoms with Crippen LogP contribution in [0.5, 0.6) is 0 Å². The van der Waals surface area contributed by atoms with Crippen LogP contribution in [0.1, 0.15) is 34.1 Å². The molecule has 0 aliphatic carbocycles. The van der Waals surface area contributed by atoms with E-state index in [0.29, 0.717) is 11.6 Å². The molecule has 6 nitrogen and oxygen atoms in total. The van der Waals surface area contributed by atoms with Crippen LogP contribution in [-0.2, 0) is 14.3 Å². The van der Waals surface area contributed by atoms with Crippen LogP contribution < -0.4 is 34.7 Å². The summed E-state index contributed by atoms with van der Waals surface area (Å²) in [7, 11) is 1.43. The van der Waals surface area contributed by atoms with Gasteiger partial charge in [0.05, 0.1) is 13.5 Å². The standard InChI is InChI=1S/C10H6BrF3O2.C8H7BrO.C3H3F3O2.CH3O.Na/c11-7-3-1-6(2-4-7)8(15)5-9(16)10(12,13)14;1-6(10)7-2-4-8(9)5-3-7;1-8-2(7)3(4,5)6;1-2;/h1-4H,5H2;2-5H,1H3;1H3;1H3;/q;;;-1;+1. The van der Waals surface area contributed by atoms with Gasteiger partial charge in [-0.15, -0.1) is 0 Å². The van der Waals surface area contributed by atoms with Crippen LogP contribution in [-0.4, -0.2) is 49.9 Å². The fourth-order valence-corrected chi connectivity index (χ4v) is 2.31. The third-order valence-corrected chi connectivity index (χ3v) is 4.53. The molecule has 0 heterocycles. The minimum absolute atomic E-state index is 0. The van der Waals surface area contributed by atoms with E-state index < -0.39 is 36.3 Å². The van der Waals surface area contributed by atoms with Crippen molar-refractivity contribution < 1.29 is 84.9 Å². The van der Waals surface area contributed by atoms with Crippen molar-refractivity contribution in [2.75, 3.05) is 14.2 Å². The summed E-state index contributed by atoms with van der Waals surface area (Å²) in [6.07, 6.45) is -11.0. The van der Waals surface area contributed by atoms with Gasteiger partial charge in [-0.1, -0.05) is 56.1 Å². The minimum atomic E-state index is -4.95. The Kier molecular flexibility index (Phi) is 21.0. The molecule has 0 atom stereocenters. The van der Waals surface area contributed by atoms with Crippen molar-refractivity contribution in [2.24, 2.45) is 0 Å². The number of esters is 1. The molecule has 0 saturated carbocycles. The summed E-state index contributed by atoms with van der Waals surface area (Å²) < 4.78 is 73.6. The Morgan fingerprint density at radius 3 is 1.35 bits per heavy atom. The van der Waals surface area contributed by atoms with Crippen LogP contribution in [0.2, 0.25) is 0 Å². The topological polar surface area (TPSA) is 101 Å². The maximum Gasteiger partial charge on any atom is 1.00 e. The first-order chi connectivity index (χ1) is 16.5. The Morgan fingerprint density at radius 2 is 1.11 bits per heavy atom. The molecule has 2 aromatic carbocycles. The van der Waals surface area contributed by atoms with Crippen molar-refractivity contribution in [2.45, 2.75) is 25.7 Å². The van der Waals surface area contributed by atoms with Gasteiger partial charge in [-0.05, 0) is 31.2 Å². The Labute approximate surface area is 247 Å². The maximum atomic E-state index is 11.9. The van der Waals surface area contributed by atoms with Crippen LogP contribution >= 0.6 is 31.9 Å². The molecule has 15 heteroatoms. The zero-order valence-electron chi connectivity index (χ0n) is 19.8. The van der Waals surface area contributed by atoms with Crippen molar-refractivity contribution in [3.63, 3.8) is 0 Å². The molecule has 0 amide bonds. The quantitative estimate of drug-likeness (QED) is 0.162. The number of carbonyl (C=O) groups is 4. The first kappa shape index (κ1) is 39.9. The fraction of sp³-hybridized carbons (Fsp3) is 0.273. The fourth-order valence-electron chi connectivity index (χ4n) is 1.78. The van der Waals surface area contributed by atoms with Gasteiger partial charge in [0.25, 0.3) is 0 Å². The zero-order valence-corrected chi connectivity index (χ0v) is 25.0. The molecular formula is C22H19Br2F6NaO6. The predicted molar refractivity (Wildman–Crippen MR) is 122 cm³/mol. The number of ketones is 3. The van der Waals surface area contributed by atoms with Crippen LogP contribution in [0.4, 0.5) is 26.3 Å². The number of carbonyl (C=O) groups excluding carboxylic acids is 4. The molecule has 37 heavy (non-hydrogen) atoms. The summed E-state index contributed by atoms with van der Waals surface area (Å²) in [5.41, 5.74) is 0.837. The number of alkyl halides is 6. The molecule has 0 radical (unpaired) electrons. The Balaban J connectivity index is -0.000000477. The zero-order chi connectivity index (χ0) is 28.7. The first-order valence-electron chi connectivity index (χ1n) is 9.20. The molecule has 0 saturated heterocycles. The van der Waals surface area contributed by atoms with Gasteiger partial charge in [0.15, 0.2) is 11.6 Å². The van der Waals surface area contributed by atoms with Gasteiger partial charge in [0.2, 0.25) is 5.78 Å². The average Bonchev–Trinajstić information content (AvgIpc) is 2.80. The largest absolute Gasteiger partial charge is 1.00 e. The number of ether oxygens (including phenoxy) is 1. The maximum absolute atomic E-state index is 11.9. The van der Waals surface area contributed by atoms with Crippen molar-refractivity contribution in [3.05, 3.63) is 68.6 Å². The van der Waals surface area contributed by atoms with Gasteiger partial charge in [0, 0.05) is 20.1 Å². The number of rotatable bonds is 4. The molecule has 2 aromatic rings. The molecule has 0 fully saturated rings. The molecule has 200 valence electrons. The van der Waals surface area contributed by atoms with E-state index in [9.17, 15) is 45.5 Å². The molecule has 0 N–H and O–H groups in total. The second-order valence-corrected chi connectivity index (χ2v) is 7.91. The summed E-state index contributed by atoms with van der Waals surface area (Å²) in [6, 6.07) is 13.1. The molecule has 0 aliphatic rings. The normalized spacial score (nSPS) is 9.95. The van der Waals surface area contributed by atoms with Gasteiger partial charge in [-0.25, -0.2) is 4.79 Å². The van der Waals surface area contributed by atoms with Crippen LogP contribution in [0.15, 0.2) is 57.5 Å². The summed E-state index contributed by atoms with van der Waals surface area (Å²) in [6.45, 7) is 1.56. The molecule has 0 bridgehead atoms. The summed E-state index contributed by atoms with van der Waals surface area (Å²) in [5.74, 6) is -4.93. The second-order valence-electron chi connectivity index (χ2n) is 6.08. The van der Waals surface area contributed by atoms with Crippen LogP contribution in [0.3, 0.4) is 0 Å².